The van der Waals surface area contributed by atoms with Crippen LogP contribution in [-0.4, -0.2) is 18.4 Å². The van der Waals surface area contributed by atoms with Gasteiger partial charge in [-0.25, -0.2) is 0 Å². The van der Waals surface area contributed by atoms with Crippen molar-refractivity contribution in [2.75, 3.05) is 6.54 Å². The Morgan fingerprint density at radius 3 is 2.60 bits per heavy atom. The van der Waals surface area contributed by atoms with Crippen molar-refractivity contribution in [1.29, 1.82) is 0 Å². The van der Waals surface area contributed by atoms with Gasteiger partial charge < -0.3 is 5.32 Å². The molecule has 0 aliphatic carbocycles. The summed E-state index contributed by atoms with van der Waals surface area (Å²) >= 11 is 3.36. The Bertz CT molecular complexity index is 341. The Hall–Kier alpha value is -0.670. The molecule has 15 heavy (non-hydrogen) atoms. The van der Waals surface area contributed by atoms with E-state index in [1.165, 1.54) is 6.42 Å². The van der Waals surface area contributed by atoms with Crippen molar-refractivity contribution >= 4 is 21.7 Å². The number of rotatable bonds is 2. The highest BCUT2D eigenvalue weighted by atomic mass is 79.9. The second-order valence-electron chi connectivity index (χ2n) is 3.87. The van der Waals surface area contributed by atoms with Crippen molar-refractivity contribution in [3.05, 3.63) is 34.3 Å². The average Bonchev–Trinajstić information content (AvgIpc) is 2.30. The fraction of sp³-hybridized carbons (Fsp3) is 0.417. The number of halogens is 1. The largest absolute Gasteiger partial charge is 0.307 e. The van der Waals surface area contributed by atoms with Crippen LogP contribution in [0.5, 0.6) is 0 Å². The highest BCUT2D eigenvalue weighted by Crippen LogP contribution is 2.15. The van der Waals surface area contributed by atoms with Gasteiger partial charge in [0.25, 0.3) is 0 Å². The third kappa shape index (κ3) is 2.67. The molecular weight excluding hydrogens is 254 g/mol. The zero-order valence-corrected chi connectivity index (χ0v) is 10.1. The van der Waals surface area contributed by atoms with E-state index in [2.05, 4.69) is 21.2 Å². The molecule has 1 aliphatic rings. The Morgan fingerprint density at radius 1 is 1.27 bits per heavy atom. The first-order valence-corrected chi connectivity index (χ1v) is 6.10. The lowest BCUT2D eigenvalue weighted by Crippen LogP contribution is -2.40. The molecule has 2 rings (SSSR count). The molecule has 3 heteroatoms. The number of carbonyl (C=O) groups excluding carboxylic acids is 1. The molecule has 1 fully saturated rings. The minimum absolute atomic E-state index is 0.0277. The zero-order chi connectivity index (χ0) is 10.7. The third-order valence-electron chi connectivity index (χ3n) is 2.76. The minimum Gasteiger partial charge on any atom is -0.307 e. The molecule has 0 radical (unpaired) electrons. The van der Waals surface area contributed by atoms with Crippen LogP contribution in [0.4, 0.5) is 0 Å². The Labute approximate surface area is 98.2 Å². The summed E-state index contributed by atoms with van der Waals surface area (Å²) in [4.78, 5) is 12.0. The van der Waals surface area contributed by atoms with Gasteiger partial charge in [-0.15, -0.1) is 0 Å². The van der Waals surface area contributed by atoms with Crippen molar-refractivity contribution in [2.45, 2.75) is 25.3 Å². The van der Waals surface area contributed by atoms with Gasteiger partial charge >= 0.3 is 0 Å². The predicted molar refractivity (Wildman–Crippen MR) is 64.1 cm³/mol. The predicted octanol–water partition coefficient (Wildman–Crippen LogP) is 2.77. The summed E-state index contributed by atoms with van der Waals surface area (Å²) in [6.07, 6.45) is 3.30. The molecule has 0 saturated carbocycles. The molecule has 0 amide bonds. The van der Waals surface area contributed by atoms with E-state index in [-0.39, 0.29) is 11.8 Å². The molecule has 1 aliphatic heterocycles. The standard InChI is InChI=1S/C12H14BrNO/c13-10-6-4-9(5-7-10)12(15)11-3-1-2-8-14-11/h4-7,11,14H,1-3,8H2. The number of carbonyl (C=O) groups is 1. The van der Waals surface area contributed by atoms with Gasteiger partial charge in [0.05, 0.1) is 6.04 Å². The summed E-state index contributed by atoms with van der Waals surface area (Å²) in [5, 5.41) is 3.27. The van der Waals surface area contributed by atoms with E-state index in [1.54, 1.807) is 0 Å². The molecule has 1 N–H and O–H groups in total. The van der Waals surface area contributed by atoms with Gasteiger partial charge in [0.2, 0.25) is 0 Å². The second-order valence-corrected chi connectivity index (χ2v) is 4.79. The first kappa shape index (κ1) is 10.8. The summed E-state index contributed by atoms with van der Waals surface area (Å²) in [6.45, 7) is 0.965. The lowest BCUT2D eigenvalue weighted by molar-refractivity contribution is 0.0927. The number of ketones is 1. The first-order valence-electron chi connectivity index (χ1n) is 5.30. The van der Waals surface area contributed by atoms with E-state index in [4.69, 9.17) is 0 Å². The summed E-state index contributed by atoms with van der Waals surface area (Å²) in [5.74, 6) is 0.224. The summed E-state index contributed by atoms with van der Waals surface area (Å²) in [5.41, 5.74) is 0.803. The van der Waals surface area contributed by atoms with Crippen molar-refractivity contribution in [1.82, 2.24) is 5.32 Å². The lowest BCUT2D eigenvalue weighted by atomic mass is 9.96. The number of Topliss-reactive ketones (excluding diaryl/α,β-unsaturated/α-hetero) is 1. The maximum atomic E-state index is 12.0. The van der Waals surface area contributed by atoms with Crippen LogP contribution in [0.15, 0.2) is 28.7 Å². The van der Waals surface area contributed by atoms with Crippen LogP contribution >= 0.6 is 15.9 Å². The van der Waals surface area contributed by atoms with Gasteiger partial charge in [-0.2, -0.15) is 0 Å². The quantitative estimate of drug-likeness (QED) is 0.836. The van der Waals surface area contributed by atoms with Crippen LogP contribution in [-0.2, 0) is 0 Å². The number of hydrogen-bond acceptors (Lipinski definition) is 2. The fourth-order valence-corrected chi connectivity index (χ4v) is 2.16. The summed E-state index contributed by atoms with van der Waals surface area (Å²) in [6, 6.07) is 7.61. The van der Waals surface area contributed by atoms with Crippen LogP contribution in [0, 0.1) is 0 Å². The maximum Gasteiger partial charge on any atom is 0.179 e. The molecule has 80 valence electrons. The summed E-state index contributed by atoms with van der Waals surface area (Å²) < 4.78 is 1.01. The molecule has 1 aromatic rings. The lowest BCUT2D eigenvalue weighted by Gasteiger charge is -2.22. The number of benzene rings is 1. The Morgan fingerprint density at radius 2 is 2.00 bits per heavy atom. The highest BCUT2D eigenvalue weighted by Gasteiger charge is 2.21. The van der Waals surface area contributed by atoms with Crippen LogP contribution in [0.1, 0.15) is 29.6 Å². The van der Waals surface area contributed by atoms with Crippen LogP contribution in [0.25, 0.3) is 0 Å². The van der Waals surface area contributed by atoms with Crippen LogP contribution in [0.3, 0.4) is 0 Å². The number of piperidine rings is 1. The SMILES string of the molecule is O=C(c1ccc(Br)cc1)C1CCCCN1. The fourth-order valence-electron chi connectivity index (χ4n) is 1.89. The highest BCUT2D eigenvalue weighted by molar-refractivity contribution is 9.10. The molecule has 0 spiro atoms. The van der Waals surface area contributed by atoms with Crippen LogP contribution in [0.2, 0.25) is 0 Å². The van der Waals surface area contributed by atoms with Crippen molar-refractivity contribution in [3.63, 3.8) is 0 Å². The van der Waals surface area contributed by atoms with E-state index >= 15 is 0 Å². The molecule has 1 aromatic carbocycles. The molecule has 0 aromatic heterocycles. The van der Waals surface area contributed by atoms with Crippen molar-refractivity contribution in [3.8, 4) is 0 Å². The third-order valence-corrected chi connectivity index (χ3v) is 3.28. The van der Waals surface area contributed by atoms with E-state index in [0.29, 0.717) is 0 Å². The van der Waals surface area contributed by atoms with Gasteiger partial charge in [-0.3, -0.25) is 4.79 Å². The van der Waals surface area contributed by atoms with E-state index < -0.39 is 0 Å². The van der Waals surface area contributed by atoms with Crippen molar-refractivity contribution in [2.24, 2.45) is 0 Å². The van der Waals surface area contributed by atoms with Gasteiger partial charge in [-0.1, -0.05) is 34.5 Å². The smallest absolute Gasteiger partial charge is 0.179 e. The maximum absolute atomic E-state index is 12.0. The molecule has 1 heterocycles. The zero-order valence-electron chi connectivity index (χ0n) is 8.50. The Balaban J connectivity index is 2.09. The van der Waals surface area contributed by atoms with Crippen LogP contribution < -0.4 is 5.32 Å². The summed E-state index contributed by atoms with van der Waals surface area (Å²) in [7, 11) is 0. The normalized spacial score (nSPS) is 21.3. The van der Waals surface area contributed by atoms with Gasteiger partial charge in [0.1, 0.15) is 0 Å². The monoisotopic (exact) mass is 267 g/mol. The van der Waals surface area contributed by atoms with Crippen molar-refractivity contribution < 1.29 is 4.79 Å². The van der Waals surface area contributed by atoms with E-state index in [9.17, 15) is 4.79 Å². The molecular formula is C12H14BrNO. The Kier molecular flexibility index (Phi) is 3.54. The molecule has 2 nitrogen and oxygen atoms in total. The molecule has 1 atom stereocenters. The minimum atomic E-state index is 0.0277. The van der Waals surface area contributed by atoms with E-state index in [0.717, 1.165) is 29.4 Å². The van der Waals surface area contributed by atoms with Gasteiger partial charge in [-0.05, 0) is 31.5 Å². The topological polar surface area (TPSA) is 29.1 Å². The van der Waals surface area contributed by atoms with Gasteiger partial charge in [0, 0.05) is 10.0 Å². The average molecular weight is 268 g/mol. The molecule has 1 unspecified atom stereocenters. The van der Waals surface area contributed by atoms with E-state index in [1.807, 2.05) is 24.3 Å². The van der Waals surface area contributed by atoms with Gasteiger partial charge in [0.15, 0.2) is 5.78 Å². The number of hydrogen-bond donors (Lipinski definition) is 1. The molecule has 1 saturated heterocycles. The second kappa shape index (κ2) is 4.90. The number of nitrogens with one attached hydrogen (secondary N) is 1. The molecule has 0 bridgehead atoms. The first-order chi connectivity index (χ1) is 7.27.